The fourth-order valence-corrected chi connectivity index (χ4v) is 1.50. The van der Waals surface area contributed by atoms with Crippen molar-refractivity contribution in [2.24, 2.45) is 0 Å². The number of nitrogens with zero attached hydrogens (tertiary/aromatic N) is 1. The average molecular weight is 246 g/mol. The first-order valence-corrected chi connectivity index (χ1v) is 4.53. The minimum atomic E-state index is -2.73. The van der Waals surface area contributed by atoms with Crippen LogP contribution in [0.15, 0.2) is 6.20 Å². The summed E-state index contributed by atoms with van der Waals surface area (Å²) in [6.45, 7) is 0. The normalized spacial score (nSPS) is 10.9. The summed E-state index contributed by atoms with van der Waals surface area (Å²) < 4.78 is 24.4. The van der Waals surface area contributed by atoms with Crippen molar-refractivity contribution < 1.29 is 8.78 Å². The minimum Gasteiger partial charge on any atom is -0.253 e. The first-order valence-electron chi connectivity index (χ1n) is 3.24. The molecule has 0 saturated carbocycles. The smallest absolute Gasteiger partial charge is 0.253 e. The molecule has 0 bridgehead atoms. The largest absolute Gasteiger partial charge is 0.281 e. The summed E-state index contributed by atoms with van der Waals surface area (Å²) in [4.78, 5) is 3.46. The van der Waals surface area contributed by atoms with Crippen LogP contribution in [0.25, 0.3) is 0 Å². The number of pyridine rings is 1. The molecule has 0 N–H and O–H groups in total. The Balaban J connectivity index is 3.23. The summed E-state index contributed by atoms with van der Waals surface area (Å²) in [7, 11) is 0. The predicted octanol–water partition coefficient (Wildman–Crippen LogP) is 4.06. The Bertz CT molecular complexity index is 317. The molecule has 1 aromatic heterocycles. The van der Waals surface area contributed by atoms with Crippen LogP contribution in [0.4, 0.5) is 8.78 Å². The predicted molar refractivity (Wildman–Crippen MR) is 48.8 cm³/mol. The number of hydrogen-bond acceptors (Lipinski definition) is 1. The lowest BCUT2D eigenvalue weighted by molar-refractivity contribution is 0.146. The molecule has 6 heteroatoms. The summed E-state index contributed by atoms with van der Waals surface area (Å²) in [5.74, 6) is 0.0923. The van der Waals surface area contributed by atoms with Crippen molar-refractivity contribution in [3.05, 3.63) is 27.5 Å². The van der Waals surface area contributed by atoms with E-state index in [2.05, 4.69) is 4.98 Å². The van der Waals surface area contributed by atoms with E-state index >= 15 is 0 Å². The highest BCUT2D eigenvalue weighted by atomic mass is 35.5. The van der Waals surface area contributed by atoms with Crippen LogP contribution in [-0.2, 0) is 5.88 Å². The summed E-state index contributed by atoms with van der Waals surface area (Å²) >= 11 is 16.7. The monoisotopic (exact) mass is 245 g/mol. The molecule has 0 aromatic carbocycles. The molecular formula is C7H4Cl3F2N. The van der Waals surface area contributed by atoms with E-state index in [9.17, 15) is 8.78 Å². The zero-order chi connectivity index (χ0) is 10.0. The van der Waals surface area contributed by atoms with Gasteiger partial charge in [0.25, 0.3) is 6.43 Å². The van der Waals surface area contributed by atoms with Crippen molar-refractivity contribution in [2.45, 2.75) is 12.3 Å². The van der Waals surface area contributed by atoms with E-state index in [1.165, 1.54) is 6.20 Å². The molecule has 0 saturated heterocycles. The van der Waals surface area contributed by atoms with Crippen LogP contribution in [0.1, 0.15) is 17.7 Å². The third kappa shape index (κ3) is 2.22. The van der Waals surface area contributed by atoms with E-state index in [0.717, 1.165) is 0 Å². The Morgan fingerprint density at radius 1 is 1.31 bits per heavy atom. The van der Waals surface area contributed by atoms with Gasteiger partial charge in [-0.2, -0.15) is 0 Å². The van der Waals surface area contributed by atoms with Gasteiger partial charge >= 0.3 is 0 Å². The van der Waals surface area contributed by atoms with Gasteiger partial charge in [0.05, 0.1) is 15.9 Å². The van der Waals surface area contributed by atoms with Gasteiger partial charge in [0.2, 0.25) is 0 Å². The molecule has 1 nitrogen and oxygen atoms in total. The van der Waals surface area contributed by atoms with Gasteiger partial charge in [0.15, 0.2) is 0 Å². The zero-order valence-electron chi connectivity index (χ0n) is 6.20. The Kier molecular flexibility index (Phi) is 3.71. The topological polar surface area (TPSA) is 12.9 Å². The quantitative estimate of drug-likeness (QED) is 0.717. The molecule has 0 amide bonds. The van der Waals surface area contributed by atoms with E-state index in [-0.39, 0.29) is 15.9 Å². The Morgan fingerprint density at radius 2 is 1.92 bits per heavy atom. The first-order chi connectivity index (χ1) is 6.07. The molecule has 0 aliphatic carbocycles. The highest BCUT2D eigenvalue weighted by Crippen LogP contribution is 2.33. The lowest BCUT2D eigenvalue weighted by atomic mass is 10.3. The van der Waals surface area contributed by atoms with Crippen LogP contribution in [0, 0.1) is 0 Å². The molecule has 13 heavy (non-hydrogen) atoms. The number of halogens is 5. The molecule has 0 unspecified atom stereocenters. The summed E-state index contributed by atoms with van der Waals surface area (Å²) in [5, 5.41) is -0.184. The second kappa shape index (κ2) is 4.40. The standard InChI is InChI=1S/C7H4Cl3F2N/c8-1-3-2-13-6(7(11)12)5(10)4(3)9/h2,7H,1H2. The second-order valence-corrected chi connectivity index (χ2v) is 3.25. The second-order valence-electron chi connectivity index (χ2n) is 2.23. The highest BCUT2D eigenvalue weighted by molar-refractivity contribution is 6.43. The van der Waals surface area contributed by atoms with Gasteiger partial charge in [-0.3, -0.25) is 4.98 Å². The van der Waals surface area contributed by atoms with Crippen molar-refractivity contribution in [3.63, 3.8) is 0 Å². The van der Waals surface area contributed by atoms with Crippen LogP contribution in [-0.4, -0.2) is 4.98 Å². The van der Waals surface area contributed by atoms with Crippen LogP contribution in [0.3, 0.4) is 0 Å². The van der Waals surface area contributed by atoms with E-state index in [4.69, 9.17) is 34.8 Å². The third-order valence-corrected chi connectivity index (χ3v) is 2.61. The van der Waals surface area contributed by atoms with Gasteiger partial charge in [-0.25, -0.2) is 8.78 Å². The maximum Gasteiger partial charge on any atom is 0.281 e. The van der Waals surface area contributed by atoms with Crippen LogP contribution in [0.2, 0.25) is 10.0 Å². The van der Waals surface area contributed by atoms with Crippen LogP contribution < -0.4 is 0 Å². The van der Waals surface area contributed by atoms with E-state index < -0.39 is 12.1 Å². The summed E-state index contributed by atoms with van der Waals surface area (Å²) in [6.07, 6.45) is -1.53. The Morgan fingerprint density at radius 3 is 2.38 bits per heavy atom. The summed E-state index contributed by atoms with van der Waals surface area (Å²) in [5.41, 5.74) is -0.0710. The molecule has 1 rings (SSSR count). The minimum absolute atomic E-state index is 0.0435. The molecule has 0 spiro atoms. The van der Waals surface area contributed by atoms with Gasteiger partial charge in [-0.1, -0.05) is 23.2 Å². The SMILES string of the molecule is FC(F)c1ncc(CCl)c(Cl)c1Cl. The molecule has 0 fully saturated rings. The van der Waals surface area contributed by atoms with Crippen molar-refractivity contribution in [1.29, 1.82) is 0 Å². The van der Waals surface area contributed by atoms with Crippen molar-refractivity contribution in [1.82, 2.24) is 4.98 Å². The van der Waals surface area contributed by atoms with Gasteiger partial charge in [-0.15, -0.1) is 11.6 Å². The maximum absolute atomic E-state index is 12.2. The van der Waals surface area contributed by atoms with E-state index in [1.54, 1.807) is 0 Å². The molecule has 0 aliphatic heterocycles. The van der Waals surface area contributed by atoms with Gasteiger partial charge < -0.3 is 0 Å². The lowest BCUT2D eigenvalue weighted by Crippen LogP contribution is -1.95. The maximum atomic E-state index is 12.2. The zero-order valence-corrected chi connectivity index (χ0v) is 8.47. The highest BCUT2D eigenvalue weighted by Gasteiger charge is 2.17. The van der Waals surface area contributed by atoms with Gasteiger partial charge in [-0.05, 0) is 0 Å². The van der Waals surface area contributed by atoms with Crippen molar-refractivity contribution >= 4 is 34.8 Å². The number of rotatable bonds is 2. The molecule has 0 aliphatic rings. The number of aromatic nitrogens is 1. The number of hydrogen-bond donors (Lipinski definition) is 0. The average Bonchev–Trinajstić information content (AvgIpc) is 2.09. The third-order valence-electron chi connectivity index (χ3n) is 1.41. The summed E-state index contributed by atoms with van der Waals surface area (Å²) in [6, 6.07) is 0. The van der Waals surface area contributed by atoms with Gasteiger partial charge in [0, 0.05) is 11.8 Å². The van der Waals surface area contributed by atoms with Gasteiger partial charge in [0.1, 0.15) is 5.69 Å². The molecule has 0 atom stereocenters. The Labute approximate surface area is 88.6 Å². The van der Waals surface area contributed by atoms with Crippen molar-refractivity contribution in [3.8, 4) is 0 Å². The lowest BCUT2D eigenvalue weighted by Gasteiger charge is -2.06. The van der Waals surface area contributed by atoms with Crippen LogP contribution >= 0.6 is 34.8 Å². The van der Waals surface area contributed by atoms with E-state index in [1.807, 2.05) is 0 Å². The molecule has 72 valence electrons. The fraction of sp³-hybridized carbons (Fsp3) is 0.286. The number of alkyl halides is 3. The molecule has 1 heterocycles. The first kappa shape index (κ1) is 11.0. The molecular weight excluding hydrogens is 242 g/mol. The molecule has 0 radical (unpaired) electrons. The van der Waals surface area contributed by atoms with E-state index in [0.29, 0.717) is 5.56 Å². The fourth-order valence-electron chi connectivity index (χ4n) is 0.760. The Hall–Kier alpha value is -0.120. The van der Waals surface area contributed by atoms with Crippen molar-refractivity contribution in [2.75, 3.05) is 0 Å². The molecule has 1 aromatic rings. The van der Waals surface area contributed by atoms with Crippen LogP contribution in [0.5, 0.6) is 0 Å².